The first-order valence-electron chi connectivity index (χ1n) is 16.3. The smallest absolute Gasteiger partial charge is 0.361 e. The van der Waals surface area contributed by atoms with Crippen LogP contribution in [0.1, 0.15) is 66.7 Å². The van der Waals surface area contributed by atoms with E-state index in [0.29, 0.717) is 28.4 Å². The molecule has 1 atom stereocenters. The van der Waals surface area contributed by atoms with Gasteiger partial charge in [0.05, 0.1) is 24.1 Å². The van der Waals surface area contributed by atoms with Crippen molar-refractivity contribution in [1.29, 1.82) is 0 Å². The van der Waals surface area contributed by atoms with E-state index in [1.54, 1.807) is 36.5 Å². The summed E-state index contributed by atoms with van der Waals surface area (Å²) in [6, 6.07) is 14.1. The number of piperidine rings is 1. The molecule has 11 nitrogen and oxygen atoms in total. The number of nitrogen functional groups attached to an aromatic ring is 1. The molecule has 2 aromatic heterocycles. The van der Waals surface area contributed by atoms with Crippen molar-refractivity contribution in [2.24, 2.45) is 17.6 Å². The summed E-state index contributed by atoms with van der Waals surface area (Å²) in [4.78, 5) is 38.0. The first-order valence-corrected chi connectivity index (χ1v) is 16.3. The first-order chi connectivity index (χ1) is 22.9. The highest BCUT2D eigenvalue weighted by Gasteiger charge is 2.29. The van der Waals surface area contributed by atoms with Gasteiger partial charge in [0.25, 0.3) is 5.91 Å². The van der Waals surface area contributed by atoms with Crippen molar-refractivity contribution in [1.82, 2.24) is 24.6 Å². The highest BCUT2D eigenvalue weighted by molar-refractivity contribution is 5.99. The Kier molecular flexibility index (Phi) is 11.7. The topological polar surface area (TPSA) is 154 Å². The zero-order valence-electron chi connectivity index (χ0n) is 26.7. The van der Waals surface area contributed by atoms with Crippen molar-refractivity contribution in [3.8, 4) is 11.3 Å². The molecule has 3 heterocycles. The van der Waals surface area contributed by atoms with Gasteiger partial charge in [0.15, 0.2) is 11.5 Å². The second-order valence-corrected chi connectivity index (χ2v) is 12.5. The lowest BCUT2D eigenvalue weighted by Gasteiger charge is -2.36. The van der Waals surface area contributed by atoms with Crippen LogP contribution >= 0.6 is 12.4 Å². The molecule has 48 heavy (non-hydrogen) atoms. The van der Waals surface area contributed by atoms with Gasteiger partial charge in [-0.1, -0.05) is 30.3 Å². The van der Waals surface area contributed by atoms with E-state index in [2.05, 4.69) is 25.3 Å². The number of nitrogens with two attached hydrogens (primary N) is 2. The molecule has 0 unspecified atom stereocenters. The van der Waals surface area contributed by atoms with Crippen LogP contribution < -0.4 is 16.8 Å². The van der Waals surface area contributed by atoms with E-state index in [9.17, 15) is 14.0 Å². The number of esters is 1. The molecule has 13 heteroatoms. The standard InChI is InChI=1S/C35H41FN8O3.ClH/c36-27-10-12-28(13-11-27)41-34(45)32(25-4-2-1-3-5-25)47-35(46)31-33(38)39-20-30(42-31)26-19-40-44(22-26)29-14-16-43(17-15-29)21-24-8-6-23(18-37)7-9-24;/h1-5,10-13,19-20,22-24,29,32H,6-9,14-18,21,37H2,(H2,38,39)(H,41,45);1H/t23?,24?,32-;/m1./s1. The van der Waals surface area contributed by atoms with E-state index in [1.165, 1.54) is 56.1 Å². The molecule has 254 valence electrons. The Labute approximate surface area is 285 Å². The monoisotopic (exact) mass is 676 g/mol. The summed E-state index contributed by atoms with van der Waals surface area (Å²) in [7, 11) is 0. The van der Waals surface area contributed by atoms with E-state index < -0.39 is 23.8 Å². The van der Waals surface area contributed by atoms with Crippen LogP contribution in [0.25, 0.3) is 11.3 Å². The van der Waals surface area contributed by atoms with Crippen molar-refractivity contribution < 1.29 is 18.7 Å². The van der Waals surface area contributed by atoms with Crippen LogP contribution in [0.2, 0.25) is 0 Å². The molecule has 0 radical (unpaired) electrons. The number of halogens is 2. The van der Waals surface area contributed by atoms with Crippen molar-refractivity contribution >= 4 is 35.8 Å². The lowest BCUT2D eigenvalue weighted by atomic mass is 9.81. The summed E-state index contributed by atoms with van der Waals surface area (Å²) in [6.45, 7) is 4.04. The summed E-state index contributed by atoms with van der Waals surface area (Å²) in [5, 5.41) is 7.29. The molecule has 1 aliphatic heterocycles. The third kappa shape index (κ3) is 8.55. The largest absolute Gasteiger partial charge is 0.442 e. The number of benzene rings is 2. The predicted molar refractivity (Wildman–Crippen MR) is 184 cm³/mol. The minimum atomic E-state index is -1.33. The van der Waals surface area contributed by atoms with Gasteiger partial charge in [0.2, 0.25) is 6.10 Å². The maximum atomic E-state index is 13.4. The third-order valence-corrected chi connectivity index (χ3v) is 9.32. The zero-order valence-corrected chi connectivity index (χ0v) is 27.5. The number of hydrogen-bond donors (Lipinski definition) is 3. The van der Waals surface area contributed by atoms with Crippen LogP contribution in [0.5, 0.6) is 0 Å². The lowest BCUT2D eigenvalue weighted by Crippen LogP contribution is -2.39. The number of anilines is 2. The summed E-state index contributed by atoms with van der Waals surface area (Å²) in [6.07, 6.45) is 10.9. The summed E-state index contributed by atoms with van der Waals surface area (Å²) >= 11 is 0. The summed E-state index contributed by atoms with van der Waals surface area (Å²) in [5.41, 5.74) is 13.6. The van der Waals surface area contributed by atoms with Crippen molar-refractivity contribution in [2.45, 2.75) is 50.7 Å². The van der Waals surface area contributed by atoms with Gasteiger partial charge < -0.3 is 26.4 Å². The van der Waals surface area contributed by atoms with E-state index in [4.69, 9.17) is 16.2 Å². The molecule has 1 saturated heterocycles. The molecule has 1 amide bonds. The molecule has 6 rings (SSSR count). The number of nitrogens with one attached hydrogen (secondary N) is 1. The first kappa shape index (κ1) is 34.9. The Morgan fingerprint density at radius 2 is 1.65 bits per heavy atom. The Bertz CT molecular complexity index is 1660. The summed E-state index contributed by atoms with van der Waals surface area (Å²) in [5.74, 6) is -0.624. The molecular weight excluding hydrogens is 635 g/mol. The van der Waals surface area contributed by atoms with E-state index in [-0.39, 0.29) is 30.0 Å². The van der Waals surface area contributed by atoms with Crippen LogP contribution in [0.3, 0.4) is 0 Å². The average molecular weight is 677 g/mol. The van der Waals surface area contributed by atoms with E-state index in [0.717, 1.165) is 44.9 Å². The Morgan fingerprint density at radius 3 is 2.33 bits per heavy atom. The molecule has 0 bridgehead atoms. The Balaban J connectivity index is 0.00000451. The van der Waals surface area contributed by atoms with Gasteiger partial charge >= 0.3 is 5.97 Å². The second kappa shape index (κ2) is 16.1. The van der Waals surface area contributed by atoms with Gasteiger partial charge in [0, 0.05) is 42.6 Å². The maximum absolute atomic E-state index is 13.4. The predicted octanol–water partition coefficient (Wildman–Crippen LogP) is 5.42. The number of amides is 1. The number of likely N-dealkylation sites (tertiary alicyclic amines) is 1. The molecule has 1 saturated carbocycles. The molecule has 5 N–H and O–H groups in total. The quantitative estimate of drug-likeness (QED) is 0.187. The van der Waals surface area contributed by atoms with Crippen LogP contribution in [0, 0.1) is 17.7 Å². The fourth-order valence-corrected chi connectivity index (χ4v) is 6.54. The van der Waals surface area contributed by atoms with Gasteiger partial charge in [-0.05, 0) is 81.2 Å². The number of rotatable bonds is 10. The number of carbonyl (C=O) groups excluding carboxylic acids is 2. The van der Waals surface area contributed by atoms with Gasteiger partial charge in [-0.25, -0.2) is 19.2 Å². The highest BCUT2D eigenvalue weighted by Crippen LogP contribution is 2.31. The molecule has 0 spiro atoms. The highest BCUT2D eigenvalue weighted by atomic mass is 35.5. The number of nitrogens with zero attached hydrogens (tertiary/aromatic N) is 5. The van der Waals surface area contributed by atoms with Crippen LogP contribution in [0.15, 0.2) is 73.2 Å². The molecule has 4 aromatic rings. The average Bonchev–Trinajstić information content (AvgIpc) is 3.60. The van der Waals surface area contributed by atoms with E-state index in [1.807, 2.05) is 10.9 Å². The molecule has 1 aliphatic carbocycles. The van der Waals surface area contributed by atoms with Gasteiger partial charge in [-0.2, -0.15) is 5.10 Å². The van der Waals surface area contributed by atoms with Crippen molar-refractivity contribution in [3.05, 3.63) is 90.3 Å². The minimum absolute atomic E-state index is 0. The summed E-state index contributed by atoms with van der Waals surface area (Å²) < 4.78 is 21.0. The van der Waals surface area contributed by atoms with Crippen LogP contribution in [0.4, 0.5) is 15.9 Å². The Hall–Kier alpha value is -4.39. The fourth-order valence-electron chi connectivity index (χ4n) is 6.54. The molecule has 2 aromatic carbocycles. The number of ether oxygens (including phenoxy) is 1. The third-order valence-electron chi connectivity index (χ3n) is 9.32. The van der Waals surface area contributed by atoms with Gasteiger partial charge in [-0.3, -0.25) is 9.48 Å². The van der Waals surface area contributed by atoms with Crippen molar-refractivity contribution in [3.63, 3.8) is 0 Å². The van der Waals surface area contributed by atoms with E-state index >= 15 is 0 Å². The minimum Gasteiger partial charge on any atom is -0.442 e. The maximum Gasteiger partial charge on any atom is 0.361 e. The van der Waals surface area contributed by atoms with Crippen LogP contribution in [-0.4, -0.2) is 62.7 Å². The molecular formula is C35H42ClFN8O3. The SMILES string of the molecule is Cl.NCC1CCC(CN2CCC(n3cc(-c4cnc(N)c(C(=O)O[C@@H](C(=O)Nc5ccc(F)cc5)c5ccccc5)n4)cn3)CC2)CC1. The fraction of sp³-hybridized carbons (Fsp3) is 0.400. The Morgan fingerprint density at radius 1 is 0.958 bits per heavy atom. The zero-order chi connectivity index (χ0) is 32.8. The number of hydrogen-bond acceptors (Lipinski definition) is 9. The van der Waals surface area contributed by atoms with Gasteiger partial charge in [-0.15, -0.1) is 12.4 Å². The number of carbonyl (C=O) groups is 2. The van der Waals surface area contributed by atoms with Crippen molar-refractivity contribution in [2.75, 3.05) is 37.2 Å². The second-order valence-electron chi connectivity index (χ2n) is 12.5. The normalized spacial score (nSPS) is 19.2. The molecule has 2 fully saturated rings. The molecule has 2 aliphatic rings. The number of aromatic nitrogens is 4. The lowest BCUT2D eigenvalue weighted by molar-refractivity contribution is -0.125. The van der Waals surface area contributed by atoms with Crippen LogP contribution in [-0.2, 0) is 9.53 Å². The van der Waals surface area contributed by atoms with Gasteiger partial charge in [0.1, 0.15) is 5.82 Å².